The fourth-order valence-corrected chi connectivity index (χ4v) is 2.11. The zero-order chi connectivity index (χ0) is 17.8. The van der Waals surface area contributed by atoms with E-state index in [-0.39, 0.29) is 5.16 Å². The molecule has 0 fully saturated rings. The average Bonchev–Trinajstić information content (AvgIpc) is 2.35. The lowest BCUT2D eigenvalue weighted by Gasteiger charge is -2.21. The van der Waals surface area contributed by atoms with Crippen molar-refractivity contribution in [2.45, 2.75) is 49.8 Å². The second-order valence-corrected chi connectivity index (χ2v) is 6.98. The number of nitrogens with one attached hydrogen (secondary N) is 2. The molecule has 1 unspecified atom stereocenters. The summed E-state index contributed by atoms with van der Waals surface area (Å²) in [5.41, 5.74) is -1.61. The molecule has 23 heavy (non-hydrogen) atoms. The quantitative estimate of drug-likeness (QED) is 0.647. The Balaban J connectivity index is 2.67. The Morgan fingerprint density at radius 2 is 1.87 bits per heavy atom. The summed E-state index contributed by atoms with van der Waals surface area (Å²) in [6.45, 7) is 6.66. The van der Waals surface area contributed by atoms with Crippen molar-refractivity contribution < 1.29 is 22.8 Å². The molecule has 1 aromatic rings. The predicted molar refractivity (Wildman–Crippen MR) is 78.8 cm³/mol. The summed E-state index contributed by atoms with van der Waals surface area (Å²) in [4.78, 5) is 30.5. The van der Waals surface area contributed by atoms with Crippen molar-refractivity contribution in [2.24, 2.45) is 0 Å². The number of imide groups is 1. The molecule has 1 aromatic heterocycles. The first-order chi connectivity index (χ1) is 10.4. The van der Waals surface area contributed by atoms with Crippen LogP contribution in [-0.2, 0) is 11.0 Å². The van der Waals surface area contributed by atoms with Gasteiger partial charge in [-0.2, -0.15) is 13.2 Å². The van der Waals surface area contributed by atoms with Crippen LogP contribution < -0.4 is 10.6 Å². The molecule has 0 aromatic carbocycles. The number of rotatable bonds is 3. The van der Waals surface area contributed by atoms with E-state index >= 15 is 0 Å². The van der Waals surface area contributed by atoms with Crippen molar-refractivity contribution in [1.29, 1.82) is 0 Å². The summed E-state index contributed by atoms with van der Waals surface area (Å²) in [6, 6.07) is 0.0610. The van der Waals surface area contributed by atoms with E-state index in [0.29, 0.717) is 0 Å². The Bertz CT molecular complexity index is 587. The van der Waals surface area contributed by atoms with Crippen LogP contribution in [0.15, 0.2) is 17.4 Å². The highest BCUT2D eigenvalue weighted by molar-refractivity contribution is 8.00. The van der Waals surface area contributed by atoms with Crippen LogP contribution in [0.4, 0.5) is 18.0 Å². The number of nitrogens with zero attached hydrogens (tertiary/aromatic N) is 2. The van der Waals surface area contributed by atoms with Crippen molar-refractivity contribution in [2.75, 3.05) is 0 Å². The number of aromatic nitrogens is 2. The van der Waals surface area contributed by atoms with Crippen molar-refractivity contribution in [1.82, 2.24) is 20.6 Å². The first-order valence-corrected chi connectivity index (χ1v) is 7.46. The zero-order valence-corrected chi connectivity index (χ0v) is 13.8. The van der Waals surface area contributed by atoms with Gasteiger partial charge < -0.3 is 5.32 Å². The molecule has 0 bridgehead atoms. The average molecular weight is 350 g/mol. The van der Waals surface area contributed by atoms with Crippen LogP contribution in [0.1, 0.15) is 33.4 Å². The standard InChI is InChI=1S/C13H17F3N4O2S/c1-7(9(21)19-10(22)20-12(2,3)4)23-11-17-6-5-8(18-11)13(14,15)16/h5-7H,1-4H3,(H2,19,20,21,22). The largest absolute Gasteiger partial charge is 0.433 e. The van der Waals surface area contributed by atoms with Crippen LogP contribution in [0.5, 0.6) is 0 Å². The molecule has 0 spiro atoms. The van der Waals surface area contributed by atoms with E-state index in [0.717, 1.165) is 24.0 Å². The van der Waals surface area contributed by atoms with Crippen LogP contribution in [0.2, 0.25) is 0 Å². The van der Waals surface area contributed by atoms with E-state index in [1.165, 1.54) is 6.92 Å². The maximum absolute atomic E-state index is 12.6. The van der Waals surface area contributed by atoms with Crippen LogP contribution in [0.25, 0.3) is 0 Å². The van der Waals surface area contributed by atoms with Gasteiger partial charge in [0.1, 0.15) is 5.69 Å². The summed E-state index contributed by atoms with van der Waals surface area (Å²) < 4.78 is 37.7. The molecule has 1 atom stereocenters. The van der Waals surface area contributed by atoms with Gasteiger partial charge in [-0.05, 0) is 33.8 Å². The molecule has 0 aliphatic rings. The van der Waals surface area contributed by atoms with E-state index < -0.39 is 34.6 Å². The number of alkyl halides is 3. The first kappa shape index (κ1) is 19.2. The Kier molecular flexibility index (Phi) is 5.98. The molecule has 0 aliphatic carbocycles. The molecule has 3 amide bonds. The van der Waals surface area contributed by atoms with Gasteiger partial charge in [0.2, 0.25) is 5.91 Å². The van der Waals surface area contributed by atoms with Crippen LogP contribution in [0, 0.1) is 0 Å². The Morgan fingerprint density at radius 1 is 1.26 bits per heavy atom. The highest BCUT2D eigenvalue weighted by Gasteiger charge is 2.33. The van der Waals surface area contributed by atoms with E-state index in [9.17, 15) is 22.8 Å². The fourth-order valence-electron chi connectivity index (χ4n) is 1.35. The second kappa shape index (κ2) is 7.16. The molecule has 1 heterocycles. The van der Waals surface area contributed by atoms with Gasteiger partial charge >= 0.3 is 12.2 Å². The topological polar surface area (TPSA) is 84.0 Å². The van der Waals surface area contributed by atoms with Gasteiger partial charge in [0.05, 0.1) is 5.25 Å². The van der Waals surface area contributed by atoms with Crippen LogP contribution in [0.3, 0.4) is 0 Å². The summed E-state index contributed by atoms with van der Waals surface area (Å²) in [7, 11) is 0. The van der Waals surface area contributed by atoms with Crippen molar-refractivity contribution in [3.8, 4) is 0 Å². The number of thioether (sulfide) groups is 1. The number of halogens is 3. The van der Waals surface area contributed by atoms with Crippen LogP contribution >= 0.6 is 11.8 Å². The maximum atomic E-state index is 12.6. The smallest absolute Gasteiger partial charge is 0.333 e. The fraction of sp³-hybridized carbons (Fsp3) is 0.538. The number of urea groups is 1. The molecule has 2 N–H and O–H groups in total. The minimum Gasteiger partial charge on any atom is -0.333 e. The lowest BCUT2D eigenvalue weighted by Crippen LogP contribution is -2.49. The molecule has 6 nitrogen and oxygen atoms in total. The van der Waals surface area contributed by atoms with Crippen molar-refractivity contribution in [3.05, 3.63) is 18.0 Å². The third kappa shape index (κ3) is 6.85. The lowest BCUT2D eigenvalue weighted by molar-refractivity contribution is -0.141. The third-order valence-corrected chi connectivity index (χ3v) is 3.28. The first-order valence-electron chi connectivity index (χ1n) is 6.58. The summed E-state index contributed by atoms with van der Waals surface area (Å²) in [5, 5.41) is 3.61. The molecule has 1 rings (SSSR count). The van der Waals surface area contributed by atoms with E-state index in [4.69, 9.17) is 0 Å². The SMILES string of the molecule is CC(Sc1nccc(C(F)(F)F)n1)C(=O)NC(=O)NC(C)(C)C. The minimum absolute atomic E-state index is 0.196. The number of carbonyl (C=O) groups excluding carboxylic acids is 2. The monoisotopic (exact) mass is 350 g/mol. The summed E-state index contributed by atoms with van der Waals surface area (Å²) in [6.07, 6.45) is -3.62. The van der Waals surface area contributed by atoms with Crippen molar-refractivity contribution >= 4 is 23.7 Å². The lowest BCUT2D eigenvalue weighted by atomic mass is 10.1. The van der Waals surface area contributed by atoms with Gasteiger partial charge in [-0.3, -0.25) is 10.1 Å². The molecule has 0 saturated carbocycles. The molecule has 10 heteroatoms. The molecule has 0 aliphatic heterocycles. The molecule has 0 radical (unpaired) electrons. The minimum atomic E-state index is -4.59. The van der Waals surface area contributed by atoms with Gasteiger partial charge in [0.15, 0.2) is 5.16 Å². The van der Waals surface area contributed by atoms with Gasteiger partial charge in [0, 0.05) is 11.7 Å². The van der Waals surface area contributed by atoms with Gasteiger partial charge in [-0.1, -0.05) is 11.8 Å². The highest BCUT2D eigenvalue weighted by atomic mass is 32.2. The van der Waals surface area contributed by atoms with Gasteiger partial charge in [-0.15, -0.1) is 0 Å². The molecular formula is C13H17F3N4O2S. The predicted octanol–water partition coefficient (Wildman–Crippen LogP) is 2.60. The Hall–Kier alpha value is -1.84. The number of carbonyl (C=O) groups is 2. The van der Waals surface area contributed by atoms with E-state index in [1.54, 1.807) is 20.8 Å². The van der Waals surface area contributed by atoms with E-state index in [2.05, 4.69) is 20.6 Å². The van der Waals surface area contributed by atoms with Gasteiger partial charge in [0.25, 0.3) is 0 Å². The van der Waals surface area contributed by atoms with Crippen molar-refractivity contribution in [3.63, 3.8) is 0 Å². The Morgan fingerprint density at radius 3 is 2.39 bits per heavy atom. The number of amides is 3. The van der Waals surface area contributed by atoms with Crippen LogP contribution in [-0.4, -0.2) is 32.7 Å². The zero-order valence-electron chi connectivity index (χ0n) is 13.0. The normalized spacial score (nSPS) is 13.3. The maximum Gasteiger partial charge on any atom is 0.433 e. The molecule has 128 valence electrons. The van der Waals surface area contributed by atoms with Gasteiger partial charge in [-0.25, -0.2) is 14.8 Å². The molecular weight excluding hydrogens is 333 g/mol. The van der Waals surface area contributed by atoms with E-state index in [1.807, 2.05) is 0 Å². The summed E-state index contributed by atoms with van der Waals surface area (Å²) in [5.74, 6) is -0.655. The number of hydrogen-bond acceptors (Lipinski definition) is 5. The second-order valence-electron chi connectivity index (χ2n) is 5.68. The summed E-state index contributed by atoms with van der Waals surface area (Å²) >= 11 is 0.728. The molecule has 0 saturated heterocycles. The third-order valence-electron chi connectivity index (χ3n) is 2.30. The number of hydrogen-bond donors (Lipinski definition) is 2. The highest BCUT2D eigenvalue weighted by Crippen LogP contribution is 2.29. The Labute approximate surface area is 135 Å².